The number of hydrogen-bond acceptors (Lipinski definition) is 7. The summed E-state index contributed by atoms with van der Waals surface area (Å²) in [4.78, 5) is 30.0. The van der Waals surface area contributed by atoms with Crippen molar-refractivity contribution < 1.29 is 49.4 Å². The Balaban J connectivity index is 0.00000182. The molecule has 0 radical (unpaired) electrons. The molecule has 0 saturated carbocycles. The van der Waals surface area contributed by atoms with E-state index in [4.69, 9.17) is 0 Å². The average Bonchev–Trinajstić information content (AvgIpc) is 3.05. The second-order valence-corrected chi connectivity index (χ2v) is 8.23. The molecule has 0 unspecified atom stereocenters. The van der Waals surface area contributed by atoms with Gasteiger partial charge in [-0.3, -0.25) is 4.79 Å². The number of aliphatic carboxylic acids is 1. The summed E-state index contributed by atoms with van der Waals surface area (Å²) in [6.07, 6.45) is -0.390. The van der Waals surface area contributed by atoms with Crippen LogP contribution in [0.15, 0.2) is 39.2 Å². The van der Waals surface area contributed by atoms with E-state index in [0.29, 0.717) is 11.3 Å². The van der Waals surface area contributed by atoms with Gasteiger partial charge in [-0.1, -0.05) is 23.9 Å². The summed E-state index contributed by atoms with van der Waals surface area (Å²) in [6.45, 7) is 1.55. The van der Waals surface area contributed by atoms with E-state index in [0.717, 1.165) is 14.6 Å². The van der Waals surface area contributed by atoms with Crippen molar-refractivity contribution in [3.63, 3.8) is 0 Å². The number of carbonyl (C=O) groups excluding carboxylic acids is 2. The Hall–Kier alpha value is -0.900. The van der Waals surface area contributed by atoms with E-state index >= 15 is 0 Å². The number of thioether (sulfide) groups is 1. The largest absolute Gasteiger partial charge is 1.00 e. The van der Waals surface area contributed by atoms with Gasteiger partial charge in [0.1, 0.15) is 0 Å². The molecule has 2 aliphatic rings. The fraction of sp³-hybridized carbons (Fsp3) is 0.312. The molecule has 1 N–H and O–H groups in total. The molecule has 0 bridgehead atoms. The van der Waals surface area contributed by atoms with Crippen molar-refractivity contribution in [3.8, 4) is 0 Å². The maximum absolute atomic E-state index is 12.2. The number of carboxylic acid groups (broad SMARTS) is 1. The van der Waals surface area contributed by atoms with Crippen molar-refractivity contribution in [2.45, 2.75) is 29.8 Å². The predicted octanol–water partition coefficient (Wildman–Crippen LogP) is -2.03. The molecule has 3 heterocycles. The van der Waals surface area contributed by atoms with E-state index in [-0.39, 0.29) is 47.2 Å². The van der Waals surface area contributed by atoms with Crippen LogP contribution in [0.3, 0.4) is 0 Å². The Labute approximate surface area is 174 Å². The monoisotopic (exact) mass is 384 g/mol. The van der Waals surface area contributed by atoms with Crippen LogP contribution in [0.4, 0.5) is 0 Å². The van der Waals surface area contributed by atoms with Crippen LogP contribution < -0.4 is 34.7 Å². The molecule has 9 heteroatoms. The van der Waals surface area contributed by atoms with E-state index in [1.165, 1.54) is 28.0 Å². The van der Waals surface area contributed by atoms with Crippen LogP contribution in [0, 0.1) is 5.92 Å². The van der Waals surface area contributed by atoms with Gasteiger partial charge >= 0.3 is 29.6 Å². The summed E-state index contributed by atoms with van der Waals surface area (Å²) in [6, 6.07) is 7.38. The van der Waals surface area contributed by atoms with E-state index < -0.39 is 18.0 Å². The van der Waals surface area contributed by atoms with Crippen molar-refractivity contribution in [2.75, 3.05) is 0 Å². The molecule has 6 nitrogen and oxygen atoms in total. The first-order valence-corrected chi connectivity index (χ1v) is 9.09. The molecule has 3 atom stereocenters. The normalized spacial score (nSPS) is 23.3. The van der Waals surface area contributed by atoms with Gasteiger partial charge in [-0.2, -0.15) is 0 Å². The SMILES string of the molecule is C[C@@H](O)[C@H]1C(=O)N2C(C(=O)[O-])=C(Sc3nc4ccccc4s3)C[C@H]12.[Na+]. The molecule has 25 heavy (non-hydrogen) atoms. The van der Waals surface area contributed by atoms with Gasteiger partial charge in [-0.15, -0.1) is 11.3 Å². The third-order valence-electron chi connectivity index (χ3n) is 4.37. The molecule has 1 aromatic heterocycles. The number of aliphatic hydroxyl groups excluding tert-OH is 1. The number of aromatic nitrogens is 1. The van der Waals surface area contributed by atoms with Gasteiger partial charge in [0.15, 0.2) is 4.34 Å². The molecule has 1 saturated heterocycles. The summed E-state index contributed by atoms with van der Waals surface area (Å²) >= 11 is 2.75. The number of benzene rings is 1. The van der Waals surface area contributed by atoms with Gasteiger partial charge in [0.2, 0.25) is 5.91 Å². The molecule has 2 aromatic rings. The maximum Gasteiger partial charge on any atom is 1.00 e. The number of hydrogen-bond donors (Lipinski definition) is 1. The number of fused-ring (bicyclic) bond motifs is 2. The molecule has 1 amide bonds. The minimum Gasteiger partial charge on any atom is -0.543 e. The second kappa shape index (κ2) is 7.02. The third-order valence-corrected chi connectivity index (χ3v) is 6.57. The predicted molar refractivity (Wildman–Crippen MR) is 87.9 cm³/mol. The Bertz CT molecular complexity index is 862. The standard InChI is InChI=1S/C16H14N2O4S2.Na/c1-7(19)12-9-6-11(13(15(21)22)18(9)14(12)20)24-16-17-8-4-2-3-5-10(8)23-16;/h2-5,7,9,12,19H,6H2,1H3,(H,21,22);/q;+1/p-1/t7-,9-,12-;/m1./s1. The molecule has 1 fully saturated rings. The van der Waals surface area contributed by atoms with E-state index in [1.54, 1.807) is 6.92 Å². The minimum absolute atomic E-state index is 0. The van der Waals surface area contributed by atoms with Gasteiger partial charge in [0.05, 0.1) is 39.9 Å². The molecule has 0 spiro atoms. The Morgan fingerprint density at radius 1 is 1.48 bits per heavy atom. The van der Waals surface area contributed by atoms with Crippen molar-refractivity contribution in [2.24, 2.45) is 5.92 Å². The molecule has 1 aromatic carbocycles. The number of aliphatic hydroxyl groups is 1. The number of carboxylic acids is 1. The number of β-lactam (4-membered cyclic amide) rings is 1. The minimum atomic E-state index is -1.36. The molecular formula is C16H13N2NaO4S2. The molecule has 124 valence electrons. The fourth-order valence-electron chi connectivity index (χ4n) is 3.31. The van der Waals surface area contributed by atoms with Gasteiger partial charge in [-0.25, -0.2) is 4.98 Å². The number of thiazole rings is 1. The second-order valence-electron chi connectivity index (χ2n) is 5.85. The van der Waals surface area contributed by atoms with Crippen LogP contribution in [-0.4, -0.2) is 39.0 Å². The first-order chi connectivity index (χ1) is 11.5. The Morgan fingerprint density at radius 3 is 2.84 bits per heavy atom. The van der Waals surface area contributed by atoms with Gasteiger partial charge < -0.3 is 19.9 Å². The quantitative estimate of drug-likeness (QED) is 0.483. The topological polar surface area (TPSA) is 93.6 Å². The first kappa shape index (κ1) is 18.9. The van der Waals surface area contributed by atoms with Gasteiger partial charge in [-0.05, 0) is 19.1 Å². The van der Waals surface area contributed by atoms with Crippen LogP contribution in [-0.2, 0) is 9.59 Å². The van der Waals surface area contributed by atoms with E-state index in [1.807, 2.05) is 24.3 Å². The maximum atomic E-state index is 12.2. The van der Waals surface area contributed by atoms with Crippen LogP contribution in [0.2, 0.25) is 0 Å². The fourth-order valence-corrected chi connectivity index (χ4v) is 5.63. The summed E-state index contributed by atoms with van der Waals surface area (Å²) in [5.41, 5.74) is 0.783. The molecule has 2 aliphatic heterocycles. The van der Waals surface area contributed by atoms with Crippen molar-refractivity contribution in [1.82, 2.24) is 9.88 Å². The smallest absolute Gasteiger partial charge is 0.543 e. The van der Waals surface area contributed by atoms with Crippen LogP contribution in [0.5, 0.6) is 0 Å². The number of carbonyl (C=O) groups is 2. The van der Waals surface area contributed by atoms with Gasteiger partial charge in [0, 0.05) is 11.3 Å². The zero-order valence-corrected chi connectivity index (χ0v) is 17.3. The van der Waals surface area contributed by atoms with Crippen LogP contribution in [0.25, 0.3) is 10.2 Å². The molecule has 4 rings (SSSR count). The Morgan fingerprint density at radius 2 is 2.20 bits per heavy atom. The number of amides is 1. The summed E-state index contributed by atoms with van der Waals surface area (Å²) < 4.78 is 1.75. The van der Waals surface area contributed by atoms with Crippen LogP contribution >= 0.6 is 23.1 Å². The number of nitrogens with zero attached hydrogens (tertiary/aromatic N) is 2. The van der Waals surface area contributed by atoms with Crippen molar-refractivity contribution in [3.05, 3.63) is 34.9 Å². The summed E-state index contributed by atoms with van der Waals surface area (Å²) in [5.74, 6) is -2.26. The van der Waals surface area contributed by atoms with Crippen molar-refractivity contribution in [1.29, 1.82) is 0 Å². The van der Waals surface area contributed by atoms with E-state index in [2.05, 4.69) is 4.98 Å². The molecule has 0 aliphatic carbocycles. The third kappa shape index (κ3) is 3.05. The zero-order chi connectivity index (χ0) is 17.0. The van der Waals surface area contributed by atoms with Gasteiger partial charge in [0.25, 0.3) is 0 Å². The summed E-state index contributed by atoms with van der Waals surface area (Å²) in [5, 5.41) is 21.3. The van der Waals surface area contributed by atoms with Crippen LogP contribution in [0.1, 0.15) is 13.3 Å². The molecular weight excluding hydrogens is 371 g/mol. The Kier molecular flexibility index (Phi) is 5.30. The first-order valence-electron chi connectivity index (χ1n) is 7.46. The average molecular weight is 384 g/mol. The van der Waals surface area contributed by atoms with E-state index in [9.17, 15) is 19.8 Å². The zero-order valence-electron chi connectivity index (χ0n) is 13.6. The number of para-hydroxylation sites is 1. The number of rotatable bonds is 4. The van der Waals surface area contributed by atoms with Crippen molar-refractivity contribution >= 4 is 45.2 Å². The summed E-state index contributed by atoms with van der Waals surface area (Å²) in [7, 11) is 0.